The van der Waals surface area contributed by atoms with Gasteiger partial charge in [0.15, 0.2) is 0 Å². The van der Waals surface area contributed by atoms with Gasteiger partial charge in [0.25, 0.3) is 0 Å². The van der Waals surface area contributed by atoms with Crippen LogP contribution in [0.15, 0.2) is 54.6 Å². The van der Waals surface area contributed by atoms with Crippen LogP contribution in [0.1, 0.15) is 36.5 Å². The molecule has 0 unspecified atom stereocenters. The number of hydrogen-bond acceptors (Lipinski definition) is 2. The van der Waals surface area contributed by atoms with Crippen LogP contribution >= 0.6 is 0 Å². The molecule has 0 aromatic heterocycles. The topological polar surface area (TPSA) is 15.3 Å². The summed E-state index contributed by atoms with van der Waals surface area (Å²) >= 11 is 0. The Morgan fingerprint density at radius 2 is 1.52 bits per heavy atom. The highest BCUT2D eigenvalue weighted by atomic mass is 15.1. The zero-order valence-corrected chi connectivity index (χ0v) is 14.3. The Bertz CT molecular complexity index is 585. The van der Waals surface area contributed by atoms with Crippen LogP contribution in [0.25, 0.3) is 0 Å². The van der Waals surface area contributed by atoms with Crippen molar-refractivity contribution in [1.82, 2.24) is 10.2 Å². The lowest BCUT2D eigenvalue weighted by Crippen LogP contribution is -2.48. The molecule has 1 fully saturated rings. The minimum Gasteiger partial charge on any atom is -0.316 e. The fourth-order valence-corrected chi connectivity index (χ4v) is 3.14. The smallest absolute Gasteiger partial charge is 0.0237 e. The maximum absolute atomic E-state index is 3.39. The summed E-state index contributed by atoms with van der Waals surface area (Å²) in [6.07, 6.45) is 0. The van der Waals surface area contributed by atoms with E-state index in [9.17, 15) is 0 Å². The molecule has 23 heavy (non-hydrogen) atoms. The van der Waals surface area contributed by atoms with E-state index in [0.717, 1.165) is 32.1 Å². The molecule has 0 bridgehead atoms. The summed E-state index contributed by atoms with van der Waals surface area (Å²) < 4.78 is 0. The molecule has 1 N–H and O–H groups in total. The zero-order chi connectivity index (χ0) is 16.1. The average Bonchev–Trinajstić information content (AvgIpc) is 2.52. The lowest BCUT2D eigenvalue weighted by molar-refractivity contribution is 0.179. The summed E-state index contributed by atoms with van der Waals surface area (Å²) in [6, 6.07) is 20.0. The van der Waals surface area contributed by atoms with Crippen LogP contribution in [0.3, 0.4) is 0 Å². The molecule has 122 valence electrons. The van der Waals surface area contributed by atoms with Crippen LogP contribution in [-0.4, -0.2) is 24.5 Å². The Morgan fingerprint density at radius 3 is 2.04 bits per heavy atom. The van der Waals surface area contributed by atoms with E-state index in [2.05, 4.69) is 78.7 Å². The van der Waals surface area contributed by atoms with Crippen molar-refractivity contribution >= 4 is 0 Å². The molecule has 3 rings (SSSR count). The number of benzene rings is 2. The van der Waals surface area contributed by atoms with Crippen molar-refractivity contribution in [2.45, 2.75) is 32.9 Å². The second kappa shape index (κ2) is 7.76. The van der Waals surface area contributed by atoms with Gasteiger partial charge in [-0.2, -0.15) is 0 Å². The molecule has 1 aliphatic rings. The van der Waals surface area contributed by atoms with E-state index in [1.165, 1.54) is 23.2 Å². The number of rotatable bonds is 7. The van der Waals surface area contributed by atoms with Crippen LogP contribution < -0.4 is 5.32 Å². The number of hydrogen-bond donors (Lipinski definition) is 1. The predicted molar refractivity (Wildman–Crippen MR) is 97.4 cm³/mol. The van der Waals surface area contributed by atoms with Crippen molar-refractivity contribution < 1.29 is 0 Å². The second-order valence-corrected chi connectivity index (χ2v) is 7.08. The Labute approximate surface area is 140 Å². The molecule has 1 aliphatic heterocycles. The van der Waals surface area contributed by atoms with E-state index in [4.69, 9.17) is 0 Å². The van der Waals surface area contributed by atoms with Crippen LogP contribution in [0, 0.1) is 5.92 Å². The summed E-state index contributed by atoms with van der Waals surface area (Å²) in [5, 5.41) is 3.39. The lowest BCUT2D eigenvalue weighted by atomic mass is 10.00. The summed E-state index contributed by atoms with van der Waals surface area (Å²) in [6.45, 7) is 10.1. The molecular formula is C21H28N2. The predicted octanol–water partition coefficient (Wildman–Crippen LogP) is 4.03. The molecule has 0 spiro atoms. The third-order valence-electron chi connectivity index (χ3n) is 4.68. The van der Waals surface area contributed by atoms with E-state index in [-0.39, 0.29) is 0 Å². The Morgan fingerprint density at radius 1 is 0.913 bits per heavy atom. The molecule has 0 saturated carbocycles. The Hall–Kier alpha value is -1.64. The van der Waals surface area contributed by atoms with Crippen molar-refractivity contribution in [3.05, 3.63) is 71.3 Å². The molecule has 2 aromatic carbocycles. The molecule has 0 radical (unpaired) electrons. The van der Waals surface area contributed by atoms with Crippen LogP contribution in [-0.2, 0) is 13.1 Å². The molecule has 0 aliphatic carbocycles. The van der Waals surface area contributed by atoms with Gasteiger partial charge in [-0.15, -0.1) is 0 Å². The minimum absolute atomic E-state index is 0.602. The highest BCUT2D eigenvalue weighted by Gasteiger charge is 2.20. The van der Waals surface area contributed by atoms with E-state index < -0.39 is 0 Å². The lowest BCUT2D eigenvalue weighted by Gasteiger charge is -2.33. The van der Waals surface area contributed by atoms with Crippen LogP contribution in [0.2, 0.25) is 0 Å². The van der Waals surface area contributed by atoms with Gasteiger partial charge in [0.2, 0.25) is 0 Å². The first-order chi connectivity index (χ1) is 11.2. The largest absolute Gasteiger partial charge is 0.316 e. The summed E-state index contributed by atoms with van der Waals surface area (Å²) in [5.41, 5.74) is 4.24. The summed E-state index contributed by atoms with van der Waals surface area (Å²) in [4.78, 5) is 2.59. The van der Waals surface area contributed by atoms with E-state index >= 15 is 0 Å². The van der Waals surface area contributed by atoms with Crippen molar-refractivity contribution in [3.63, 3.8) is 0 Å². The van der Waals surface area contributed by atoms with Crippen molar-refractivity contribution in [3.8, 4) is 0 Å². The highest BCUT2D eigenvalue weighted by Crippen LogP contribution is 2.18. The van der Waals surface area contributed by atoms with Gasteiger partial charge in [0.1, 0.15) is 0 Å². The molecule has 0 atom stereocenters. The maximum atomic E-state index is 3.39. The third kappa shape index (κ3) is 4.66. The standard InChI is InChI=1S/C21H28N2/c1-17(2)21-10-8-19(9-11-21)15-23(16-20-12-22-13-20)14-18-6-4-3-5-7-18/h3-11,17,20,22H,12-16H2,1-2H3. The van der Waals surface area contributed by atoms with E-state index in [1.807, 2.05) is 0 Å². The molecule has 2 aromatic rings. The van der Waals surface area contributed by atoms with Crippen molar-refractivity contribution in [2.24, 2.45) is 5.92 Å². The maximum Gasteiger partial charge on any atom is 0.0237 e. The zero-order valence-electron chi connectivity index (χ0n) is 14.3. The van der Waals surface area contributed by atoms with Gasteiger partial charge >= 0.3 is 0 Å². The third-order valence-corrected chi connectivity index (χ3v) is 4.68. The van der Waals surface area contributed by atoms with Gasteiger partial charge in [-0.25, -0.2) is 0 Å². The second-order valence-electron chi connectivity index (χ2n) is 7.08. The normalized spacial score (nSPS) is 15.1. The fourth-order valence-electron chi connectivity index (χ4n) is 3.14. The fraction of sp³-hybridized carbons (Fsp3) is 0.429. The molecule has 0 amide bonds. The number of nitrogens with zero attached hydrogens (tertiary/aromatic N) is 1. The monoisotopic (exact) mass is 308 g/mol. The minimum atomic E-state index is 0.602. The Kier molecular flexibility index (Phi) is 5.47. The molecule has 1 saturated heterocycles. The van der Waals surface area contributed by atoms with Gasteiger partial charge < -0.3 is 5.32 Å². The van der Waals surface area contributed by atoms with E-state index in [1.54, 1.807) is 0 Å². The Balaban J connectivity index is 1.66. The first kappa shape index (κ1) is 16.2. The van der Waals surface area contributed by atoms with Crippen LogP contribution in [0.5, 0.6) is 0 Å². The number of nitrogens with one attached hydrogen (secondary N) is 1. The molecule has 2 heteroatoms. The highest BCUT2D eigenvalue weighted by molar-refractivity contribution is 5.25. The average molecular weight is 308 g/mol. The SMILES string of the molecule is CC(C)c1ccc(CN(Cc2ccccc2)CC2CNC2)cc1. The van der Waals surface area contributed by atoms with Gasteiger partial charge in [-0.1, -0.05) is 68.4 Å². The molecule has 2 nitrogen and oxygen atoms in total. The quantitative estimate of drug-likeness (QED) is 0.830. The van der Waals surface area contributed by atoms with Gasteiger partial charge in [0.05, 0.1) is 0 Å². The van der Waals surface area contributed by atoms with Crippen LogP contribution in [0.4, 0.5) is 0 Å². The van der Waals surface area contributed by atoms with Crippen molar-refractivity contribution in [2.75, 3.05) is 19.6 Å². The van der Waals surface area contributed by atoms with Gasteiger partial charge in [-0.05, 0) is 28.5 Å². The van der Waals surface area contributed by atoms with Crippen molar-refractivity contribution in [1.29, 1.82) is 0 Å². The summed E-state index contributed by atoms with van der Waals surface area (Å²) in [7, 11) is 0. The van der Waals surface area contributed by atoms with Gasteiger partial charge in [0, 0.05) is 32.7 Å². The first-order valence-corrected chi connectivity index (χ1v) is 8.76. The summed E-state index contributed by atoms with van der Waals surface area (Å²) in [5.74, 6) is 1.40. The first-order valence-electron chi connectivity index (χ1n) is 8.76. The van der Waals surface area contributed by atoms with E-state index in [0.29, 0.717) is 5.92 Å². The van der Waals surface area contributed by atoms with Gasteiger partial charge in [-0.3, -0.25) is 4.90 Å². The molecular weight excluding hydrogens is 280 g/mol. The molecule has 1 heterocycles.